The summed E-state index contributed by atoms with van der Waals surface area (Å²) in [5, 5.41) is 0.588. The van der Waals surface area contributed by atoms with Crippen LogP contribution < -0.4 is 4.74 Å². The van der Waals surface area contributed by atoms with Gasteiger partial charge in [-0.25, -0.2) is 13.8 Å². The van der Waals surface area contributed by atoms with Crippen LogP contribution in [0.2, 0.25) is 5.02 Å². The van der Waals surface area contributed by atoms with E-state index in [2.05, 4.69) is 9.55 Å². The summed E-state index contributed by atoms with van der Waals surface area (Å²) in [5.41, 5.74) is 1.48. The Bertz CT molecular complexity index is 1120. The highest BCUT2D eigenvalue weighted by Gasteiger charge is 2.24. The summed E-state index contributed by atoms with van der Waals surface area (Å²) in [6.07, 6.45) is 12.1. The molecule has 0 amide bonds. The normalized spacial score (nSPS) is 18.2. The van der Waals surface area contributed by atoms with Crippen LogP contribution in [0.5, 0.6) is 5.75 Å². The quantitative estimate of drug-likeness (QED) is 0.361. The van der Waals surface area contributed by atoms with E-state index in [-0.39, 0.29) is 5.52 Å². The third-order valence-corrected chi connectivity index (χ3v) is 7.60. The van der Waals surface area contributed by atoms with Crippen molar-refractivity contribution in [1.82, 2.24) is 9.55 Å². The van der Waals surface area contributed by atoms with Crippen molar-refractivity contribution in [3.8, 4) is 17.1 Å². The first kappa shape index (κ1) is 22.6. The van der Waals surface area contributed by atoms with Gasteiger partial charge in [-0.1, -0.05) is 50.1 Å². The van der Waals surface area contributed by atoms with Crippen LogP contribution in [0.25, 0.3) is 22.4 Å². The van der Waals surface area contributed by atoms with Crippen molar-refractivity contribution in [3.63, 3.8) is 0 Å². The van der Waals surface area contributed by atoms with Crippen LogP contribution >= 0.6 is 11.6 Å². The average molecular weight is 473 g/mol. The molecule has 2 aliphatic rings. The molecular formula is C27H31ClF2N2O. The van der Waals surface area contributed by atoms with Gasteiger partial charge < -0.3 is 9.30 Å². The summed E-state index contributed by atoms with van der Waals surface area (Å²) >= 11 is 6.33. The second-order valence-electron chi connectivity index (χ2n) is 9.73. The Morgan fingerprint density at radius 1 is 0.909 bits per heavy atom. The molecule has 0 radical (unpaired) electrons. The Labute approximate surface area is 199 Å². The molecule has 0 unspecified atom stereocenters. The lowest BCUT2D eigenvalue weighted by molar-refractivity contribution is 0.209. The molecule has 2 aromatic carbocycles. The molecule has 1 aromatic heterocycles. The standard InChI is InChI=1S/C27H31ClF2N2O/c28-20-11-12-21(24(15-20)33-17-19-9-5-2-6-10-19)27-31-26-23(14-13-22(29)25(26)30)32(27)16-18-7-3-1-4-8-18/h11-15,18-19H,1-10,16-17H2. The molecule has 176 valence electrons. The van der Waals surface area contributed by atoms with E-state index in [0.29, 0.717) is 40.6 Å². The van der Waals surface area contributed by atoms with Gasteiger partial charge in [0.15, 0.2) is 11.6 Å². The molecule has 0 atom stereocenters. The minimum Gasteiger partial charge on any atom is -0.492 e. The van der Waals surface area contributed by atoms with Gasteiger partial charge in [0.05, 0.1) is 17.7 Å². The van der Waals surface area contributed by atoms with Gasteiger partial charge in [0, 0.05) is 11.6 Å². The number of benzene rings is 2. The van der Waals surface area contributed by atoms with Gasteiger partial charge in [-0.15, -0.1) is 0 Å². The van der Waals surface area contributed by atoms with E-state index < -0.39 is 11.6 Å². The zero-order valence-corrected chi connectivity index (χ0v) is 19.7. The highest BCUT2D eigenvalue weighted by Crippen LogP contribution is 2.37. The first-order valence-electron chi connectivity index (χ1n) is 12.4. The maximum Gasteiger partial charge on any atom is 0.186 e. The smallest absolute Gasteiger partial charge is 0.186 e. The van der Waals surface area contributed by atoms with E-state index in [4.69, 9.17) is 16.3 Å². The third kappa shape index (κ3) is 4.89. The van der Waals surface area contributed by atoms with E-state index >= 15 is 0 Å². The molecule has 0 N–H and O–H groups in total. The zero-order valence-electron chi connectivity index (χ0n) is 19.0. The number of halogens is 3. The summed E-state index contributed by atoms with van der Waals surface area (Å²) in [4.78, 5) is 4.62. The number of nitrogens with zero attached hydrogens (tertiary/aromatic N) is 2. The fourth-order valence-electron chi connectivity index (χ4n) is 5.51. The van der Waals surface area contributed by atoms with Crippen molar-refractivity contribution in [3.05, 3.63) is 47.0 Å². The van der Waals surface area contributed by atoms with E-state index in [1.807, 2.05) is 18.2 Å². The summed E-state index contributed by atoms with van der Waals surface area (Å²) in [7, 11) is 0. The van der Waals surface area contributed by atoms with Crippen molar-refractivity contribution >= 4 is 22.6 Å². The summed E-state index contributed by atoms with van der Waals surface area (Å²) < 4.78 is 37.1. The van der Waals surface area contributed by atoms with Gasteiger partial charge in [-0.2, -0.15) is 0 Å². The monoisotopic (exact) mass is 472 g/mol. The predicted molar refractivity (Wildman–Crippen MR) is 129 cm³/mol. The van der Waals surface area contributed by atoms with Crippen LogP contribution in [-0.2, 0) is 6.54 Å². The molecule has 0 aliphatic heterocycles. The van der Waals surface area contributed by atoms with Crippen LogP contribution in [0, 0.1) is 23.5 Å². The lowest BCUT2D eigenvalue weighted by Gasteiger charge is -2.24. The Morgan fingerprint density at radius 3 is 2.33 bits per heavy atom. The maximum absolute atomic E-state index is 14.7. The second kappa shape index (κ2) is 10.0. The molecule has 1 heterocycles. The zero-order chi connectivity index (χ0) is 22.8. The van der Waals surface area contributed by atoms with Crippen molar-refractivity contribution in [2.45, 2.75) is 70.8 Å². The molecule has 6 heteroatoms. The lowest BCUT2D eigenvalue weighted by Crippen LogP contribution is -2.16. The number of ether oxygens (including phenoxy) is 1. The summed E-state index contributed by atoms with van der Waals surface area (Å²) in [6.45, 7) is 1.38. The Balaban J connectivity index is 1.55. The van der Waals surface area contributed by atoms with Gasteiger partial charge in [0.1, 0.15) is 17.1 Å². The van der Waals surface area contributed by atoms with Gasteiger partial charge in [0.25, 0.3) is 0 Å². The van der Waals surface area contributed by atoms with E-state index in [1.165, 1.54) is 57.4 Å². The van der Waals surface area contributed by atoms with Gasteiger partial charge in [-0.3, -0.25) is 0 Å². The first-order chi connectivity index (χ1) is 16.1. The van der Waals surface area contributed by atoms with Crippen molar-refractivity contribution < 1.29 is 13.5 Å². The largest absolute Gasteiger partial charge is 0.492 e. The third-order valence-electron chi connectivity index (χ3n) is 7.36. The molecule has 33 heavy (non-hydrogen) atoms. The Hall–Kier alpha value is -2.14. The van der Waals surface area contributed by atoms with Crippen LogP contribution in [-0.4, -0.2) is 16.2 Å². The van der Waals surface area contributed by atoms with Crippen molar-refractivity contribution in [1.29, 1.82) is 0 Å². The molecule has 3 nitrogen and oxygen atoms in total. The van der Waals surface area contributed by atoms with Gasteiger partial charge >= 0.3 is 0 Å². The fourth-order valence-corrected chi connectivity index (χ4v) is 5.68. The number of aromatic nitrogens is 2. The van der Waals surface area contributed by atoms with Gasteiger partial charge in [0.2, 0.25) is 0 Å². The molecule has 0 spiro atoms. The molecular weight excluding hydrogens is 442 g/mol. The number of fused-ring (bicyclic) bond motifs is 1. The molecule has 0 bridgehead atoms. The van der Waals surface area contributed by atoms with Crippen molar-refractivity contribution in [2.24, 2.45) is 11.8 Å². The molecule has 2 fully saturated rings. The average Bonchev–Trinajstić information content (AvgIpc) is 3.20. The van der Waals surface area contributed by atoms with Crippen molar-refractivity contribution in [2.75, 3.05) is 6.61 Å². The van der Waals surface area contributed by atoms with Crippen LogP contribution in [0.4, 0.5) is 8.78 Å². The van der Waals surface area contributed by atoms with E-state index in [9.17, 15) is 8.78 Å². The maximum atomic E-state index is 14.7. The summed E-state index contributed by atoms with van der Waals surface area (Å²) in [5.74, 6) is 0.556. The minimum atomic E-state index is -0.894. The predicted octanol–water partition coefficient (Wildman–Crippen LogP) is 8.17. The highest BCUT2D eigenvalue weighted by atomic mass is 35.5. The number of rotatable bonds is 6. The molecule has 0 saturated heterocycles. The van der Waals surface area contributed by atoms with E-state index in [0.717, 1.165) is 24.9 Å². The molecule has 3 aromatic rings. The van der Waals surface area contributed by atoms with E-state index in [1.54, 1.807) is 6.07 Å². The van der Waals surface area contributed by atoms with Gasteiger partial charge in [-0.05, 0) is 67.9 Å². The number of hydrogen-bond donors (Lipinski definition) is 0. The Kier molecular flexibility index (Phi) is 6.86. The second-order valence-corrected chi connectivity index (χ2v) is 10.2. The first-order valence-corrected chi connectivity index (χ1v) is 12.7. The van der Waals surface area contributed by atoms with Crippen LogP contribution in [0.3, 0.4) is 0 Å². The molecule has 2 aliphatic carbocycles. The number of imidazole rings is 1. The fraction of sp³-hybridized carbons (Fsp3) is 0.519. The minimum absolute atomic E-state index is 0.0778. The van der Waals surface area contributed by atoms with Crippen LogP contribution in [0.1, 0.15) is 64.2 Å². The molecule has 2 saturated carbocycles. The molecule has 5 rings (SSSR count). The number of hydrogen-bond acceptors (Lipinski definition) is 2. The lowest BCUT2D eigenvalue weighted by atomic mass is 9.89. The highest BCUT2D eigenvalue weighted by molar-refractivity contribution is 6.30. The van der Waals surface area contributed by atoms with Crippen LogP contribution in [0.15, 0.2) is 30.3 Å². The Morgan fingerprint density at radius 2 is 1.61 bits per heavy atom. The summed E-state index contributed by atoms with van der Waals surface area (Å²) in [6, 6.07) is 8.37. The SMILES string of the molecule is Fc1ccc2c(nc(-c3ccc(Cl)cc3OCC3CCCCC3)n2CC2CCCCC2)c1F. The topological polar surface area (TPSA) is 27.1 Å².